The molecule has 5 nitrogen and oxygen atoms in total. The smallest absolute Gasteiger partial charge is 0.183 e. The number of hydrogen-bond donors (Lipinski definition) is 1. The van der Waals surface area contributed by atoms with Gasteiger partial charge in [0.15, 0.2) is 11.6 Å². The molecule has 0 aliphatic carbocycles. The Balaban J connectivity index is 2.10. The number of hydrogen-bond acceptors (Lipinski definition) is 5. The summed E-state index contributed by atoms with van der Waals surface area (Å²) in [5.41, 5.74) is 3.02. The third kappa shape index (κ3) is 4.24. The van der Waals surface area contributed by atoms with Crippen LogP contribution in [0.4, 0.5) is 5.82 Å². The molecule has 5 heteroatoms. The number of nitrogens with one attached hydrogen (secondary N) is 1. The van der Waals surface area contributed by atoms with Gasteiger partial charge < -0.3 is 10.2 Å². The van der Waals surface area contributed by atoms with E-state index < -0.39 is 0 Å². The molecule has 0 unspecified atom stereocenters. The summed E-state index contributed by atoms with van der Waals surface area (Å²) >= 11 is 0. The van der Waals surface area contributed by atoms with Crippen LogP contribution in [-0.4, -0.2) is 46.3 Å². The van der Waals surface area contributed by atoms with Crippen LogP contribution in [0.1, 0.15) is 25.1 Å². The summed E-state index contributed by atoms with van der Waals surface area (Å²) in [6.07, 6.45) is 0. The summed E-state index contributed by atoms with van der Waals surface area (Å²) in [6, 6.07) is 8.17. The van der Waals surface area contributed by atoms with Crippen molar-refractivity contribution in [1.82, 2.24) is 20.1 Å². The van der Waals surface area contributed by atoms with E-state index in [1.165, 1.54) is 5.56 Å². The third-order valence-electron chi connectivity index (χ3n) is 3.75. The van der Waals surface area contributed by atoms with Crippen LogP contribution in [0.2, 0.25) is 0 Å². The third-order valence-corrected chi connectivity index (χ3v) is 3.75. The maximum Gasteiger partial charge on any atom is 0.183 e. The summed E-state index contributed by atoms with van der Waals surface area (Å²) in [4.78, 5) is 7.00. The molecule has 0 fully saturated rings. The van der Waals surface area contributed by atoms with E-state index in [1.54, 1.807) is 0 Å². The molecule has 1 N–H and O–H groups in total. The highest BCUT2D eigenvalue weighted by Crippen LogP contribution is 2.18. The Kier molecular flexibility index (Phi) is 5.83. The largest absolute Gasteiger partial charge is 0.367 e. The zero-order valence-corrected chi connectivity index (χ0v) is 13.9. The molecule has 1 aromatic carbocycles. The summed E-state index contributed by atoms with van der Waals surface area (Å²) < 4.78 is 0. The van der Waals surface area contributed by atoms with E-state index in [9.17, 15) is 0 Å². The molecular formula is C17H25N5. The molecule has 0 radical (unpaired) electrons. The van der Waals surface area contributed by atoms with Gasteiger partial charge in [-0.05, 0) is 33.0 Å². The predicted octanol–water partition coefficient (Wildman–Crippen LogP) is 2.91. The number of aryl methyl sites for hydroxylation is 2. The number of aromatic nitrogens is 3. The van der Waals surface area contributed by atoms with Crippen LogP contribution in [0, 0.1) is 13.8 Å². The molecule has 2 rings (SSSR count). The van der Waals surface area contributed by atoms with Crippen LogP contribution >= 0.6 is 0 Å². The van der Waals surface area contributed by atoms with Gasteiger partial charge in [0, 0.05) is 18.7 Å². The van der Waals surface area contributed by atoms with E-state index in [-0.39, 0.29) is 0 Å². The van der Waals surface area contributed by atoms with Gasteiger partial charge >= 0.3 is 0 Å². The monoisotopic (exact) mass is 299 g/mol. The fourth-order valence-electron chi connectivity index (χ4n) is 2.33. The van der Waals surface area contributed by atoms with Crippen molar-refractivity contribution in [3.63, 3.8) is 0 Å². The van der Waals surface area contributed by atoms with Crippen LogP contribution < -0.4 is 5.32 Å². The minimum Gasteiger partial charge on any atom is -0.367 e. The number of benzene rings is 1. The van der Waals surface area contributed by atoms with E-state index in [1.807, 2.05) is 19.1 Å². The summed E-state index contributed by atoms with van der Waals surface area (Å²) in [5, 5.41) is 11.8. The van der Waals surface area contributed by atoms with Crippen LogP contribution in [0.5, 0.6) is 0 Å². The molecule has 0 bridgehead atoms. The van der Waals surface area contributed by atoms with Gasteiger partial charge in [-0.25, -0.2) is 4.98 Å². The highest BCUT2D eigenvalue weighted by atomic mass is 15.2. The van der Waals surface area contributed by atoms with Gasteiger partial charge in [0.05, 0.1) is 0 Å². The average Bonchev–Trinajstić information content (AvgIpc) is 2.53. The van der Waals surface area contributed by atoms with Crippen molar-refractivity contribution in [2.75, 3.05) is 31.5 Å². The molecule has 1 aromatic heterocycles. The van der Waals surface area contributed by atoms with Crippen LogP contribution in [0.3, 0.4) is 0 Å². The number of rotatable bonds is 7. The second-order valence-electron chi connectivity index (χ2n) is 5.39. The Bertz CT molecular complexity index is 608. The summed E-state index contributed by atoms with van der Waals surface area (Å²) in [6.45, 7) is 12.3. The van der Waals surface area contributed by atoms with Gasteiger partial charge in [-0.1, -0.05) is 37.6 Å². The number of likely N-dealkylation sites (N-methyl/N-ethyl adjacent to an activating group) is 1. The molecule has 22 heavy (non-hydrogen) atoms. The van der Waals surface area contributed by atoms with Gasteiger partial charge in [0.2, 0.25) is 0 Å². The Labute approximate surface area is 132 Å². The maximum absolute atomic E-state index is 4.63. The van der Waals surface area contributed by atoms with Gasteiger partial charge in [-0.3, -0.25) is 0 Å². The second kappa shape index (κ2) is 7.84. The molecule has 0 atom stereocenters. The lowest BCUT2D eigenvalue weighted by Gasteiger charge is -2.18. The zero-order valence-electron chi connectivity index (χ0n) is 13.9. The Morgan fingerprint density at radius 2 is 1.86 bits per heavy atom. The zero-order chi connectivity index (χ0) is 15.9. The first-order valence-electron chi connectivity index (χ1n) is 7.88. The van der Waals surface area contributed by atoms with Crippen LogP contribution in [-0.2, 0) is 0 Å². The SMILES string of the molecule is CCN(CC)CCNc1nc(-c2cccc(C)c2)nnc1C. The van der Waals surface area contributed by atoms with Crippen molar-refractivity contribution in [2.45, 2.75) is 27.7 Å². The lowest BCUT2D eigenvalue weighted by molar-refractivity contribution is 0.316. The van der Waals surface area contributed by atoms with E-state index in [2.05, 4.69) is 58.3 Å². The van der Waals surface area contributed by atoms with Crippen molar-refractivity contribution >= 4 is 5.82 Å². The molecule has 0 spiro atoms. The Morgan fingerprint density at radius 1 is 1.09 bits per heavy atom. The summed E-state index contributed by atoms with van der Waals surface area (Å²) in [5.74, 6) is 1.48. The van der Waals surface area contributed by atoms with Crippen molar-refractivity contribution < 1.29 is 0 Å². The van der Waals surface area contributed by atoms with Crippen molar-refractivity contribution in [3.8, 4) is 11.4 Å². The quantitative estimate of drug-likeness (QED) is 0.852. The molecule has 1 heterocycles. The van der Waals surface area contributed by atoms with E-state index in [0.717, 1.165) is 43.3 Å². The molecule has 0 aliphatic rings. The fourth-order valence-corrected chi connectivity index (χ4v) is 2.33. The van der Waals surface area contributed by atoms with E-state index >= 15 is 0 Å². The van der Waals surface area contributed by atoms with Gasteiger partial charge in [-0.15, -0.1) is 10.2 Å². The molecule has 2 aromatic rings. The molecule has 118 valence electrons. The fraction of sp³-hybridized carbons (Fsp3) is 0.471. The highest BCUT2D eigenvalue weighted by Gasteiger charge is 2.08. The van der Waals surface area contributed by atoms with Gasteiger partial charge in [-0.2, -0.15) is 0 Å². The number of anilines is 1. The van der Waals surface area contributed by atoms with Crippen molar-refractivity contribution in [1.29, 1.82) is 0 Å². The molecule has 0 amide bonds. The normalized spacial score (nSPS) is 11.0. The maximum atomic E-state index is 4.63. The van der Waals surface area contributed by atoms with Crippen LogP contribution in [0.15, 0.2) is 24.3 Å². The van der Waals surface area contributed by atoms with E-state index in [0.29, 0.717) is 5.82 Å². The first-order valence-corrected chi connectivity index (χ1v) is 7.88. The lowest BCUT2D eigenvalue weighted by Crippen LogP contribution is -2.29. The Morgan fingerprint density at radius 3 is 2.55 bits per heavy atom. The van der Waals surface area contributed by atoms with Crippen molar-refractivity contribution in [3.05, 3.63) is 35.5 Å². The Hall–Kier alpha value is -2.01. The standard InChI is InChI=1S/C17H25N5/c1-5-22(6-2)11-10-18-16-14(4)20-21-17(19-16)15-9-7-8-13(3)12-15/h7-9,12H,5-6,10-11H2,1-4H3,(H,18,19,21). The first kappa shape index (κ1) is 16.4. The highest BCUT2D eigenvalue weighted by molar-refractivity contribution is 5.57. The minimum atomic E-state index is 0.666. The topological polar surface area (TPSA) is 53.9 Å². The molecule has 0 saturated carbocycles. The lowest BCUT2D eigenvalue weighted by atomic mass is 10.1. The summed E-state index contributed by atoms with van der Waals surface area (Å²) in [7, 11) is 0. The first-order chi connectivity index (χ1) is 10.6. The van der Waals surface area contributed by atoms with E-state index in [4.69, 9.17) is 0 Å². The molecule has 0 aliphatic heterocycles. The second-order valence-corrected chi connectivity index (χ2v) is 5.39. The van der Waals surface area contributed by atoms with Crippen molar-refractivity contribution in [2.24, 2.45) is 0 Å². The minimum absolute atomic E-state index is 0.666. The predicted molar refractivity (Wildman–Crippen MR) is 91.0 cm³/mol. The van der Waals surface area contributed by atoms with Gasteiger partial charge in [0.1, 0.15) is 5.69 Å². The molecular weight excluding hydrogens is 274 g/mol. The number of nitrogens with zero attached hydrogens (tertiary/aromatic N) is 4. The average molecular weight is 299 g/mol. The van der Waals surface area contributed by atoms with Gasteiger partial charge in [0.25, 0.3) is 0 Å². The van der Waals surface area contributed by atoms with Crippen LogP contribution in [0.25, 0.3) is 11.4 Å². The molecule has 0 saturated heterocycles.